The molecule has 1 aliphatic rings. The van der Waals surface area contributed by atoms with Crippen LogP contribution in [0.25, 0.3) is 0 Å². The molecule has 0 radical (unpaired) electrons. The van der Waals surface area contributed by atoms with E-state index < -0.39 is 0 Å². The van der Waals surface area contributed by atoms with Gasteiger partial charge in [-0.3, -0.25) is 4.79 Å². The summed E-state index contributed by atoms with van der Waals surface area (Å²) in [5.41, 5.74) is 0.873. The number of carbonyl (C=O) groups excluding carboxylic acids is 1. The zero-order chi connectivity index (χ0) is 13.2. The molecule has 98 valence electrons. The van der Waals surface area contributed by atoms with Gasteiger partial charge in [0, 0.05) is 13.1 Å². The molecule has 0 bridgehead atoms. The first-order chi connectivity index (χ1) is 8.67. The minimum atomic E-state index is -0.252. The maximum Gasteiger partial charge on any atom is 0.233 e. The first-order valence-corrected chi connectivity index (χ1v) is 6.62. The predicted molar refractivity (Wildman–Crippen MR) is 71.8 cm³/mol. The highest BCUT2D eigenvalue weighted by atomic mass is 16.5. The van der Waals surface area contributed by atoms with Crippen LogP contribution in [0.5, 0.6) is 5.75 Å². The summed E-state index contributed by atoms with van der Waals surface area (Å²) < 4.78 is 5.16. The molecule has 2 rings (SSSR count). The zero-order valence-corrected chi connectivity index (χ0v) is 11.4. The molecule has 0 atom stereocenters. The van der Waals surface area contributed by atoms with Crippen molar-refractivity contribution in [3.63, 3.8) is 0 Å². The van der Waals surface area contributed by atoms with Crippen LogP contribution in [0.4, 0.5) is 0 Å². The Morgan fingerprint density at radius 3 is 2.17 bits per heavy atom. The number of benzene rings is 1. The van der Waals surface area contributed by atoms with Crippen LogP contribution in [0, 0.1) is 0 Å². The second kappa shape index (κ2) is 5.01. The molecular weight excluding hydrogens is 226 g/mol. The highest BCUT2D eigenvalue weighted by Gasteiger charge is 2.52. The van der Waals surface area contributed by atoms with Crippen LogP contribution in [0.1, 0.15) is 32.3 Å². The second-order valence-electron chi connectivity index (χ2n) is 4.79. The zero-order valence-electron chi connectivity index (χ0n) is 11.4. The van der Waals surface area contributed by atoms with Crippen LogP contribution in [-0.4, -0.2) is 31.0 Å². The number of methoxy groups -OCH3 is 1. The fourth-order valence-electron chi connectivity index (χ4n) is 2.47. The van der Waals surface area contributed by atoms with Gasteiger partial charge < -0.3 is 9.64 Å². The topological polar surface area (TPSA) is 29.5 Å². The van der Waals surface area contributed by atoms with E-state index in [1.165, 1.54) is 0 Å². The number of likely N-dealkylation sites (N-methyl/N-ethyl adjacent to an activating group) is 1. The van der Waals surface area contributed by atoms with E-state index in [1.54, 1.807) is 7.11 Å². The molecule has 0 aromatic heterocycles. The van der Waals surface area contributed by atoms with Crippen LogP contribution < -0.4 is 4.74 Å². The number of amides is 1. The molecular formula is C15H21NO2. The van der Waals surface area contributed by atoms with Crippen molar-refractivity contribution >= 4 is 5.91 Å². The molecule has 0 unspecified atom stereocenters. The smallest absolute Gasteiger partial charge is 0.233 e. The lowest BCUT2D eigenvalue weighted by molar-refractivity contribution is -0.133. The molecule has 3 heteroatoms. The molecule has 1 amide bonds. The Morgan fingerprint density at radius 2 is 1.78 bits per heavy atom. The van der Waals surface area contributed by atoms with Gasteiger partial charge in [-0.2, -0.15) is 0 Å². The SMILES string of the molecule is CCN(CC)C(=O)C1(c2ccc(OC)cc2)CC1. The van der Waals surface area contributed by atoms with E-state index in [0.717, 1.165) is 37.2 Å². The average molecular weight is 247 g/mol. The van der Waals surface area contributed by atoms with Gasteiger partial charge in [-0.1, -0.05) is 12.1 Å². The highest BCUT2D eigenvalue weighted by Crippen LogP contribution is 2.49. The van der Waals surface area contributed by atoms with Crippen molar-refractivity contribution in [3.05, 3.63) is 29.8 Å². The third-order valence-corrected chi connectivity index (χ3v) is 3.85. The van der Waals surface area contributed by atoms with Crippen molar-refractivity contribution in [3.8, 4) is 5.75 Å². The molecule has 0 heterocycles. The van der Waals surface area contributed by atoms with Crippen molar-refractivity contribution in [1.29, 1.82) is 0 Å². The molecule has 1 aromatic rings. The van der Waals surface area contributed by atoms with E-state index in [1.807, 2.05) is 43.0 Å². The van der Waals surface area contributed by atoms with Gasteiger partial charge in [0.25, 0.3) is 0 Å². The molecule has 1 aromatic carbocycles. The molecule has 1 saturated carbocycles. The summed E-state index contributed by atoms with van der Waals surface area (Å²) in [6.45, 7) is 5.64. The third kappa shape index (κ3) is 2.09. The van der Waals surface area contributed by atoms with Crippen molar-refractivity contribution in [1.82, 2.24) is 4.90 Å². The van der Waals surface area contributed by atoms with Gasteiger partial charge in [-0.25, -0.2) is 0 Å². The Bertz CT molecular complexity index is 417. The lowest BCUT2D eigenvalue weighted by Crippen LogP contribution is -2.39. The minimum absolute atomic E-state index is 0.252. The molecule has 3 nitrogen and oxygen atoms in total. The number of hydrogen-bond acceptors (Lipinski definition) is 2. The molecule has 1 aliphatic carbocycles. The van der Waals surface area contributed by atoms with Crippen molar-refractivity contribution in [2.45, 2.75) is 32.1 Å². The van der Waals surface area contributed by atoms with Gasteiger partial charge in [0.1, 0.15) is 5.75 Å². The summed E-state index contributed by atoms with van der Waals surface area (Å²) in [5.74, 6) is 1.11. The van der Waals surface area contributed by atoms with Gasteiger partial charge >= 0.3 is 0 Å². The summed E-state index contributed by atoms with van der Waals surface area (Å²) in [7, 11) is 1.66. The van der Waals surface area contributed by atoms with Gasteiger partial charge in [-0.15, -0.1) is 0 Å². The maximum atomic E-state index is 12.5. The third-order valence-electron chi connectivity index (χ3n) is 3.85. The number of carbonyl (C=O) groups is 1. The van der Waals surface area contributed by atoms with E-state index in [4.69, 9.17) is 4.74 Å². The first-order valence-electron chi connectivity index (χ1n) is 6.62. The largest absolute Gasteiger partial charge is 0.497 e. The van der Waals surface area contributed by atoms with Gasteiger partial charge in [0.2, 0.25) is 5.91 Å². The normalized spacial score (nSPS) is 16.2. The summed E-state index contributed by atoms with van der Waals surface area (Å²) in [6.07, 6.45) is 1.93. The fourth-order valence-corrected chi connectivity index (χ4v) is 2.47. The predicted octanol–water partition coefficient (Wildman–Crippen LogP) is 2.60. The van der Waals surface area contributed by atoms with Crippen molar-refractivity contribution in [2.24, 2.45) is 0 Å². The van der Waals surface area contributed by atoms with E-state index >= 15 is 0 Å². The summed E-state index contributed by atoms with van der Waals surface area (Å²) in [6, 6.07) is 7.91. The number of hydrogen-bond donors (Lipinski definition) is 0. The highest BCUT2D eigenvalue weighted by molar-refractivity contribution is 5.91. The molecule has 18 heavy (non-hydrogen) atoms. The van der Waals surface area contributed by atoms with Crippen LogP contribution in [0.15, 0.2) is 24.3 Å². The Morgan fingerprint density at radius 1 is 1.22 bits per heavy atom. The Kier molecular flexibility index (Phi) is 3.60. The number of nitrogens with zero attached hydrogens (tertiary/aromatic N) is 1. The van der Waals surface area contributed by atoms with Gasteiger partial charge in [0.05, 0.1) is 12.5 Å². The minimum Gasteiger partial charge on any atom is -0.497 e. The lowest BCUT2D eigenvalue weighted by atomic mass is 9.94. The van der Waals surface area contributed by atoms with E-state index in [0.29, 0.717) is 0 Å². The molecule has 0 N–H and O–H groups in total. The van der Waals surface area contributed by atoms with Crippen LogP contribution >= 0.6 is 0 Å². The van der Waals surface area contributed by atoms with Crippen LogP contribution in [-0.2, 0) is 10.2 Å². The Labute approximate surface area is 109 Å². The van der Waals surface area contributed by atoms with Crippen molar-refractivity contribution in [2.75, 3.05) is 20.2 Å². The Balaban J connectivity index is 2.22. The maximum absolute atomic E-state index is 12.5. The molecule has 1 fully saturated rings. The standard InChI is InChI=1S/C15H21NO2/c1-4-16(5-2)14(17)15(10-11-15)12-6-8-13(18-3)9-7-12/h6-9H,4-5,10-11H2,1-3H3. The van der Waals surface area contributed by atoms with E-state index in [2.05, 4.69) is 0 Å². The lowest BCUT2D eigenvalue weighted by Gasteiger charge is -2.25. The molecule has 0 saturated heterocycles. The van der Waals surface area contributed by atoms with Gasteiger partial charge in [0.15, 0.2) is 0 Å². The van der Waals surface area contributed by atoms with Crippen molar-refractivity contribution < 1.29 is 9.53 Å². The number of rotatable bonds is 5. The van der Waals surface area contributed by atoms with Gasteiger partial charge in [-0.05, 0) is 44.4 Å². The molecule has 0 spiro atoms. The summed E-state index contributed by atoms with van der Waals surface area (Å²) in [4.78, 5) is 14.5. The fraction of sp³-hybridized carbons (Fsp3) is 0.533. The molecule has 0 aliphatic heterocycles. The Hall–Kier alpha value is -1.51. The van der Waals surface area contributed by atoms with Crippen LogP contribution in [0.3, 0.4) is 0 Å². The summed E-state index contributed by atoms with van der Waals surface area (Å²) in [5, 5.41) is 0. The monoisotopic (exact) mass is 247 g/mol. The quantitative estimate of drug-likeness (QED) is 0.800. The number of ether oxygens (including phenoxy) is 1. The summed E-state index contributed by atoms with van der Waals surface area (Å²) >= 11 is 0. The average Bonchev–Trinajstić information content (AvgIpc) is 3.21. The van der Waals surface area contributed by atoms with E-state index in [9.17, 15) is 4.79 Å². The second-order valence-corrected chi connectivity index (χ2v) is 4.79. The van der Waals surface area contributed by atoms with E-state index in [-0.39, 0.29) is 11.3 Å². The first kappa shape index (κ1) is 12.9. The van der Waals surface area contributed by atoms with Crippen LogP contribution in [0.2, 0.25) is 0 Å².